The molecule has 4 nitrogen and oxygen atoms in total. The molecule has 0 radical (unpaired) electrons. The number of para-hydroxylation sites is 1. The molecule has 1 amide bonds. The van der Waals surface area contributed by atoms with Gasteiger partial charge >= 0.3 is 0 Å². The minimum absolute atomic E-state index is 0.0815. The lowest BCUT2D eigenvalue weighted by Gasteiger charge is -2.22. The fourth-order valence-corrected chi connectivity index (χ4v) is 2.40. The monoisotopic (exact) mass is 255 g/mol. The van der Waals surface area contributed by atoms with Crippen LogP contribution in [-0.2, 0) is 11.3 Å². The zero-order valence-electron chi connectivity index (χ0n) is 10.7. The quantitative estimate of drug-likeness (QED) is 0.876. The molecule has 1 fully saturated rings. The molecule has 1 aliphatic rings. The molecule has 1 unspecified atom stereocenters. The second-order valence-electron chi connectivity index (χ2n) is 4.86. The largest absolute Gasteiger partial charge is 0.355 e. The Bertz CT molecular complexity index is 597. The normalized spacial score (nSPS) is 19.4. The van der Waals surface area contributed by atoms with E-state index in [4.69, 9.17) is 0 Å². The topological polar surface area (TPSA) is 54.0 Å². The average Bonchev–Trinajstić information content (AvgIpc) is 2.46. The number of carbonyl (C=O) groups excluding carboxylic acids is 1. The number of pyridine rings is 1. The Morgan fingerprint density at radius 2 is 2.16 bits per heavy atom. The highest BCUT2D eigenvalue weighted by Crippen LogP contribution is 2.12. The van der Waals surface area contributed by atoms with Gasteiger partial charge in [0.2, 0.25) is 5.91 Å². The molecule has 1 aromatic heterocycles. The van der Waals surface area contributed by atoms with Crippen molar-refractivity contribution < 1.29 is 4.79 Å². The minimum atomic E-state index is -0.0815. The maximum absolute atomic E-state index is 11.6. The van der Waals surface area contributed by atoms with Crippen molar-refractivity contribution in [1.82, 2.24) is 15.6 Å². The highest BCUT2D eigenvalue weighted by Gasteiger charge is 2.20. The first kappa shape index (κ1) is 12.1. The van der Waals surface area contributed by atoms with Crippen LogP contribution >= 0.6 is 0 Å². The number of nitrogens with zero attached hydrogens (tertiary/aromatic N) is 1. The van der Waals surface area contributed by atoms with Gasteiger partial charge in [0.25, 0.3) is 0 Å². The number of fused-ring (bicyclic) bond motifs is 1. The lowest BCUT2D eigenvalue weighted by molar-refractivity contribution is -0.124. The third kappa shape index (κ3) is 2.74. The van der Waals surface area contributed by atoms with E-state index in [1.165, 1.54) is 0 Å². The first-order valence-corrected chi connectivity index (χ1v) is 6.69. The Hall–Kier alpha value is -1.94. The van der Waals surface area contributed by atoms with Gasteiger partial charge in [-0.05, 0) is 25.0 Å². The smallest absolute Gasteiger partial charge is 0.237 e. The number of hydrogen-bond donors (Lipinski definition) is 2. The fourth-order valence-electron chi connectivity index (χ4n) is 2.40. The highest BCUT2D eigenvalue weighted by molar-refractivity contribution is 5.82. The van der Waals surface area contributed by atoms with Gasteiger partial charge in [-0.2, -0.15) is 0 Å². The second kappa shape index (κ2) is 5.36. The van der Waals surface area contributed by atoms with Gasteiger partial charge in [-0.3, -0.25) is 9.78 Å². The summed E-state index contributed by atoms with van der Waals surface area (Å²) in [4.78, 5) is 16.2. The van der Waals surface area contributed by atoms with E-state index in [2.05, 4.69) is 21.7 Å². The molecule has 0 aliphatic carbocycles. The van der Waals surface area contributed by atoms with Crippen molar-refractivity contribution in [3.8, 4) is 0 Å². The van der Waals surface area contributed by atoms with Crippen LogP contribution < -0.4 is 10.6 Å². The lowest BCUT2D eigenvalue weighted by atomic mass is 10.1. The summed E-state index contributed by atoms with van der Waals surface area (Å²) in [7, 11) is 0. The summed E-state index contributed by atoms with van der Waals surface area (Å²) in [6.45, 7) is 1.42. The van der Waals surface area contributed by atoms with E-state index in [0.717, 1.165) is 36.0 Å². The number of piperidine rings is 1. The van der Waals surface area contributed by atoms with Gasteiger partial charge in [0.05, 0.1) is 17.3 Å². The molecular weight excluding hydrogens is 238 g/mol. The number of benzene rings is 1. The standard InChI is InChI=1S/C15H17N3O/c19-15-14(6-3-9-16-15)17-10-12-8-7-11-4-1-2-5-13(11)18-12/h1-2,4-5,7-8,14,17H,3,6,9-10H2,(H,16,19). The predicted octanol–water partition coefficient (Wildman–Crippen LogP) is 1.60. The van der Waals surface area contributed by atoms with Crippen molar-refractivity contribution in [2.45, 2.75) is 25.4 Å². The van der Waals surface area contributed by atoms with Crippen LogP contribution in [0, 0.1) is 0 Å². The molecule has 0 saturated carbocycles. The van der Waals surface area contributed by atoms with E-state index < -0.39 is 0 Å². The maximum Gasteiger partial charge on any atom is 0.237 e. The Kier molecular flexibility index (Phi) is 3.42. The molecule has 1 aliphatic heterocycles. The molecule has 2 N–H and O–H groups in total. The second-order valence-corrected chi connectivity index (χ2v) is 4.86. The number of amides is 1. The first-order valence-electron chi connectivity index (χ1n) is 6.69. The van der Waals surface area contributed by atoms with Gasteiger partial charge in [0, 0.05) is 18.5 Å². The van der Waals surface area contributed by atoms with Crippen LogP contribution in [0.5, 0.6) is 0 Å². The van der Waals surface area contributed by atoms with E-state index in [-0.39, 0.29) is 11.9 Å². The maximum atomic E-state index is 11.6. The number of hydrogen-bond acceptors (Lipinski definition) is 3. The third-order valence-electron chi connectivity index (χ3n) is 3.47. The van der Waals surface area contributed by atoms with Gasteiger partial charge in [0.15, 0.2) is 0 Å². The van der Waals surface area contributed by atoms with Crippen LogP contribution in [0.3, 0.4) is 0 Å². The van der Waals surface area contributed by atoms with Crippen molar-refractivity contribution >= 4 is 16.8 Å². The Morgan fingerprint density at radius 3 is 3.05 bits per heavy atom. The lowest BCUT2D eigenvalue weighted by Crippen LogP contribution is -2.47. The van der Waals surface area contributed by atoms with Crippen molar-refractivity contribution in [1.29, 1.82) is 0 Å². The molecule has 2 aromatic rings. The van der Waals surface area contributed by atoms with Crippen LogP contribution in [0.2, 0.25) is 0 Å². The molecule has 0 bridgehead atoms. The molecule has 2 heterocycles. The summed E-state index contributed by atoms with van der Waals surface area (Å²) in [5.74, 6) is 0.104. The van der Waals surface area contributed by atoms with Crippen LogP contribution in [-0.4, -0.2) is 23.5 Å². The molecule has 0 spiro atoms. The molecule has 98 valence electrons. The third-order valence-corrected chi connectivity index (χ3v) is 3.47. The summed E-state index contributed by atoms with van der Waals surface area (Å²) < 4.78 is 0. The Morgan fingerprint density at radius 1 is 1.26 bits per heavy atom. The van der Waals surface area contributed by atoms with Gasteiger partial charge < -0.3 is 10.6 Å². The number of aromatic nitrogens is 1. The number of nitrogens with one attached hydrogen (secondary N) is 2. The number of carbonyl (C=O) groups is 1. The van der Waals surface area contributed by atoms with E-state index in [0.29, 0.717) is 6.54 Å². The Labute approximate surface area is 112 Å². The Balaban J connectivity index is 1.69. The first-order chi connectivity index (χ1) is 9.33. The molecule has 3 rings (SSSR count). The van der Waals surface area contributed by atoms with Crippen LogP contribution in [0.1, 0.15) is 18.5 Å². The van der Waals surface area contributed by atoms with E-state index >= 15 is 0 Å². The van der Waals surface area contributed by atoms with Crippen molar-refractivity contribution in [3.05, 3.63) is 42.1 Å². The van der Waals surface area contributed by atoms with E-state index in [1.807, 2.05) is 30.3 Å². The SMILES string of the molecule is O=C1NCCCC1NCc1ccc2ccccc2n1. The van der Waals surface area contributed by atoms with Gasteiger partial charge in [-0.25, -0.2) is 0 Å². The summed E-state index contributed by atoms with van der Waals surface area (Å²) in [5, 5.41) is 7.29. The van der Waals surface area contributed by atoms with Gasteiger partial charge in [-0.15, -0.1) is 0 Å². The highest BCUT2D eigenvalue weighted by atomic mass is 16.2. The summed E-state index contributed by atoms with van der Waals surface area (Å²) >= 11 is 0. The molecule has 1 aromatic carbocycles. The van der Waals surface area contributed by atoms with Crippen molar-refractivity contribution in [3.63, 3.8) is 0 Å². The van der Waals surface area contributed by atoms with Gasteiger partial charge in [0.1, 0.15) is 0 Å². The zero-order chi connectivity index (χ0) is 13.1. The van der Waals surface area contributed by atoms with Crippen molar-refractivity contribution in [2.75, 3.05) is 6.54 Å². The van der Waals surface area contributed by atoms with Gasteiger partial charge in [-0.1, -0.05) is 24.3 Å². The molecular formula is C15H17N3O. The zero-order valence-corrected chi connectivity index (χ0v) is 10.7. The molecule has 4 heteroatoms. The molecule has 1 saturated heterocycles. The summed E-state index contributed by atoms with van der Waals surface area (Å²) in [6, 6.07) is 12.0. The van der Waals surface area contributed by atoms with Crippen molar-refractivity contribution in [2.24, 2.45) is 0 Å². The fraction of sp³-hybridized carbons (Fsp3) is 0.333. The average molecular weight is 255 g/mol. The molecule has 1 atom stereocenters. The summed E-state index contributed by atoms with van der Waals surface area (Å²) in [5.41, 5.74) is 1.96. The number of rotatable bonds is 3. The summed E-state index contributed by atoms with van der Waals surface area (Å²) in [6.07, 6.45) is 1.94. The minimum Gasteiger partial charge on any atom is -0.355 e. The van der Waals surface area contributed by atoms with Crippen LogP contribution in [0.4, 0.5) is 0 Å². The van der Waals surface area contributed by atoms with E-state index in [9.17, 15) is 4.79 Å². The predicted molar refractivity (Wildman–Crippen MR) is 74.6 cm³/mol. The molecule has 19 heavy (non-hydrogen) atoms. The van der Waals surface area contributed by atoms with Crippen LogP contribution in [0.25, 0.3) is 10.9 Å². The van der Waals surface area contributed by atoms with E-state index in [1.54, 1.807) is 0 Å². The van der Waals surface area contributed by atoms with Crippen LogP contribution in [0.15, 0.2) is 36.4 Å².